The second-order valence-corrected chi connectivity index (χ2v) is 6.97. The van der Waals surface area contributed by atoms with Gasteiger partial charge in [0, 0.05) is 0 Å². The predicted octanol–water partition coefficient (Wildman–Crippen LogP) is 1.25. The number of aromatic nitrogens is 3. The number of halogens is 3. The van der Waals surface area contributed by atoms with Crippen LogP contribution in [0.5, 0.6) is 0 Å². The van der Waals surface area contributed by atoms with Gasteiger partial charge in [-0.15, -0.1) is 5.01 Å². The molecular formula is C16H16F3N6O3S+. The van der Waals surface area contributed by atoms with Crippen LogP contribution in [0, 0.1) is 18.3 Å². The molecule has 1 aliphatic rings. The standard InChI is InChI=1S/C16H15F3N6O3S/c1-10-6-12(16(17,18)19)21-15(11(10)7-20)29-9-13(26)22-14-8-25(23-28-14)24-2-4-27-5-3-24/h6,8H,2-5,9H2,1H3/p+1. The monoisotopic (exact) mass is 429 g/mol. The number of nitrogens with zero attached hydrogens (tertiary/aromatic N) is 5. The van der Waals surface area contributed by atoms with E-state index in [0.717, 1.165) is 17.8 Å². The summed E-state index contributed by atoms with van der Waals surface area (Å²) in [7, 11) is 0. The van der Waals surface area contributed by atoms with Crippen LogP contribution in [0.15, 0.2) is 21.8 Å². The van der Waals surface area contributed by atoms with Crippen molar-refractivity contribution in [2.75, 3.05) is 42.4 Å². The van der Waals surface area contributed by atoms with Gasteiger partial charge in [-0.05, 0) is 18.6 Å². The van der Waals surface area contributed by atoms with Crippen molar-refractivity contribution in [1.82, 2.24) is 10.3 Å². The van der Waals surface area contributed by atoms with E-state index >= 15 is 0 Å². The number of anilines is 1. The summed E-state index contributed by atoms with van der Waals surface area (Å²) >= 11 is 0.737. The van der Waals surface area contributed by atoms with Crippen LogP contribution in [0.4, 0.5) is 19.1 Å². The fourth-order valence-corrected chi connectivity index (χ4v) is 3.38. The van der Waals surface area contributed by atoms with Crippen LogP contribution >= 0.6 is 11.8 Å². The Morgan fingerprint density at radius 3 is 2.83 bits per heavy atom. The molecule has 2 aromatic heterocycles. The van der Waals surface area contributed by atoms with Crippen molar-refractivity contribution >= 4 is 23.6 Å². The molecule has 154 valence electrons. The van der Waals surface area contributed by atoms with E-state index in [0.29, 0.717) is 26.3 Å². The number of morpholine rings is 1. The molecule has 0 atom stereocenters. The molecule has 1 saturated heterocycles. The summed E-state index contributed by atoms with van der Waals surface area (Å²) in [6.45, 7) is 3.69. The van der Waals surface area contributed by atoms with Crippen molar-refractivity contribution in [3.05, 3.63) is 29.1 Å². The van der Waals surface area contributed by atoms with Gasteiger partial charge in [0.2, 0.25) is 11.2 Å². The van der Waals surface area contributed by atoms with Gasteiger partial charge in [-0.3, -0.25) is 14.6 Å². The molecule has 0 saturated carbocycles. The molecular weight excluding hydrogens is 413 g/mol. The van der Waals surface area contributed by atoms with Crippen molar-refractivity contribution < 1.29 is 32.0 Å². The Labute approximate surface area is 167 Å². The Morgan fingerprint density at radius 2 is 2.17 bits per heavy atom. The highest BCUT2D eigenvalue weighted by atomic mass is 32.2. The van der Waals surface area contributed by atoms with Crippen molar-refractivity contribution in [1.29, 1.82) is 5.26 Å². The molecule has 29 heavy (non-hydrogen) atoms. The average Bonchev–Trinajstić information content (AvgIpc) is 3.14. The van der Waals surface area contributed by atoms with Crippen molar-refractivity contribution in [2.45, 2.75) is 18.1 Å². The van der Waals surface area contributed by atoms with Crippen molar-refractivity contribution in [3.63, 3.8) is 0 Å². The summed E-state index contributed by atoms with van der Waals surface area (Å²) in [6, 6.07) is 2.63. The Kier molecular flexibility index (Phi) is 6.23. The van der Waals surface area contributed by atoms with E-state index in [1.54, 1.807) is 0 Å². The number of amides is 1. The van der Waals surface area contributed by atoms with Gasteiger partial charge in [0.1, 0.15) is 16.8 Å². The average molecular weight is 429 g/mol. The Balaban J connectivity index is 1.64. The lowest BCUT2D eigenvalue weighted by atomic mass is 10.1. The molecule has 0 bridgehead atoms. The summed E-state index contributed by atoms with van der Waals surface area (Å²) in [4.78, 5) is 17.1. The van der Waals surface area contributed by atoms with Crippen molar-refractivity contribution in [3.8, 4) is 6.07 Å². The topological polar surface area (TPSA) is 108 Å². The number of alkyl halides is 3. The quantitative estimate of drug-likeness (QED) is 0.559. The summed E-state index contributed by atoms with van der Waals surface area (Å²) < 4.78 is 49.2. The first-order chi connectivity index (χ1) is 13.8. The summed E-state index contributed by atoms with van der Waals surface area (Å²) in [5, 5.41) is 17.2. The molecule has 9 nitrogen and oxygen atoms in total. The number of aryl methyl sites for hydroxylation is 1. The molecule has 0 unspecified atom stereocenters. The van der Waals surface area contributed by atoms with E-state index in [1.165, 1.54) is 17.9 Å². The van der Waals surface area contributed by atoms with Gasteiger partial charge in [-0.25, -0.2) is 4.98 Å². The fourth-order valence-electron chi connectivity index (χ4n) is 2.52. The van der Waals surface area contributed by atoms with Gasteiger partial charge in [0.15, 0.2) is 0 Å². The number of rotatable bonds is 5. The van der Waals surface area contributed by atoms with Crippen LogP contribution in [-0.2, 0) is 15.7 Å². The number of hydrogen-bond acceptors (Lipinski definition) is 8. The lowest BCUT2D eigenvalue weighted by Crippen LogP contribution is -2.62. The minimum Gasteiger partial charge on any atom is -0.377 e. The van der Waals surface area contributed by atoms with E-state index in [9.17, 15) is 23.2 Å². The number of thioether (sulfide) groups is 1. The molecule has 1 fully saturated rings. The third kappa shape index (κ3) is 5.15. The second-order valence-electron chi connectivity index (χ2n) is 6.00. The first kappa shape index (κ1) is 20.9. The molecule has 1 amide bonds. The van der Waals surface area contributed by atoms with Crippen LogP contribution < -0.4 is 15.1 Å². The molecule has 13 heteroatoms. The number of pyridine rings is 1. The van der Waals surface area contributed by atoms with Crippen LogP contribution in [0.1, 0.15) is 16.8 Å². The summed E-state index contributed by atoms with van der Waals surface area (Å²) in [6.07, 6.45) is -3.18. The normalized spacial score (nSPS) is 14.5. The molecule has 0 radical (unpaired) electrons. The number of ether oxygens (including phenoxy) is 1. The summed E-state index contributed by atoms with van der Waals surface area (Å²) in [5.74, 6) is -0.724. The Morgan fingerprint density at radius 1 is 1.45 bits per heavy atom. The number of hydrogen-bond donors (Lipinski definition) is 1. The highest BCUT2D eigenvalue weighted by Crippen LogP contribution is 2.32. The number of carbonyl (C=O) groups excluding carboxylic acids is 1. The van der Waals surface area contributed by atoms with Crippen LogP contribution in [0.3, 0.4) is 0 Å². The lowest BCUT2D eigenvalue weighted by Gasteiger charge is -2.18. The fraction of sp³-hybridized carbons (Fsp3) is 0.438. The SMILES string of the molecule is Cc1cc(C(F)(F)F)nc(SCC(=O)Nc2c[n+](N3CCOCC3)no2)c1C#N. The highest BCUT2D eigenvalue weighted by molar-refractivity contribution is 8.00. The molecule has 1 N–H and O–H groups in total. The molecule has 0 aliphatic carbocycles. The first-order valence-corrected chi connectivity index (χ1v) is 9.39. The van der Waals surface area contributed by atoms with Crippen LogP contribution in [0.25, 0.3) is 0 Å². The molecule has 3 rings (SSSR count). The minimum atomic E-state index is -4.65. The maximum Gasteiger partial charge on any atom is 0.433 e. The van der Waals surface area contributed by atoms with E-state index < -0.39 is 17.8 Å². The smallest absolute Gasteiger partial charge is 0.377 e. The summed E-state index contributed by atoms with van der Waals surface area (Å²) in [5.41, 5.74) is -0.973. The van der Waals surface area contributed by atoms with E-state index in [1.807, 2.05) is 11.1 Å². The molecule has 0 aromatic carbocycles. The predicted molar refractivity (Wildman–Crippen MR) is 93.5 cm³/mol. The lowest BCUT2D eigenvalue weighted by molar-refractivity contribution is -0.759. The van der Waals surface area contributed by atoms with Gasteiger partial charge in [-0.1, -0.05) is 11.8 Å². The zero-order valence-electron chi connectivity index (χ0n) is 15.2. The Hall–Kier alpha value is -2.85. The highest BCUT2D eigenvalue weighted by Gasteiger charge is 2.34. The van der Waals surface area contributed by atoms with Gasteiger partial charge >= 0.3 is 12.1 Å². The number of carbonyl (C=O) groups is 1. The van der Waals surface area contributed by atoms with Gasteiger partial charge < -0.3 is 4.74 Å². The van der Waals surface area contributed by atoms with Crippen LogP contribution in [0.2, 0.25) is 0 Å². The number of nitrogens with one attached hydrogen (secondary N) is 1. The maximum atomic E-state index is 13.0. The molecule has 0 spiro atoms. The molecule has 3 heterocycles. The second kappa shape index (κ2) is 8.66. The third-order valence-corrected chi connectivity index (χ3v) is 4.90. The first-order valence-electron chi connectivity index (χ1n) is 8.41. The van der Waals surface area contributed by atoms with Crippen LogP contribution in [-0.4, -0.2) is 48.2 Å². The van der Waals surface area contributed by atoms with E-state index in [2.05, 4.69) is 15.6 Å². The minimum absolute atomic E-state index is 0.000578. The maximum absolute atomic E-state index is 13.0. The molecule has 1 aliphatic heterocycles. The van der Waals surface area contributed by atoms with E-state index in [4.69, 9.17) is 9.26 Å². The van der Waals surface area contributed by atoms with Crippen molar-refractivity contribution in [2.24, 2.45) is 0 Å². The zero-order valence-corrected chi connectivity index (χ0v) is 16.0. The Bertz CT molecular complexity index is 937. The van der Waals surface area contributed by atoms with Gasteiger partial charge in [-0.2, -0.15) is 18.4 Å². The third-order valence-electron chi connectivity index (χ3n) is 3.92. The van der Waals surface area contributed by atoms with Gasteiger partial charge in [0.05, 0.1) is 42.4 Å². The van der Waals surface area contributed by atoms with Gasteiger partial charge in [0.25, 0.3) is 6.20 Å². The number of nitriles is 1. The van der Waals surface area contributed by atoms with E-state index in [-0.39, 0.29) is 27.8 Å². The molecule has 2 aromatic rings. The largest absolute Gasteiger partial charge is 0.433 e. The zero-order chi connectivity index (χ0) is 21.0.